The number of aromatic nitrogens is 2. The number of hydrogen-bond acceptors (Lipinski definition) is 5. The summed E-state index contributed by atoms with van der Waals surface area (Å²) in [5.41, 5.74) is -0.435. The van der Waals surface area contributed by atoms with E-state index < -0.39 is 23.5 Å². The summed E-state index contributed by atoms with van der Waals surface area (Å²) >= 11 is 0. The Kier molecular flexibility index (Phi) is 4.55. The highest BCUT2D eigenvalue weighted by atomic mass is 16.4. The molecule has 0 unspecified atom stereocenters. The largest absolute Gasteiger partial charge is 0.548 e. The van der Waals surface area contributed by atoms with Gasteiger partial charge in [0.05, 0.1) is 17.4 Å². The first-order valence-corrected chi connectivity index (χ1v) is 6.94. The number of carbonyl (C=O) groups is 2. The fourth-order valence-corrected chi connectivity index (χ4v) is 2.17. The Balaban J connectivity index is 2.40. The van der Waals surface area contributed by atoms with Gasteiger partial charge in [-0.05, 0) is 12.0 Å². The van der Waals surface area contributed by atoms with Gasteiger partial charge in [0.25, 0.3) is 11.5 Å². The van der Waals surface area contributed by atoms with Crippen molar-refractivity contribution >= 4 is 22.6 Å². The number of carbonyl (C=O) groups excluding carboxylic acids is 2. The number of nitrogens with one attached hydrogen (secondary N) is 2. The quantitative estimate of drug-likeness (QED) is 0.795. The minimum Gasteiger partial charge on any atom is -0.548 e. The minimum absolute atomic E-state index is 0.0234. The Morgan fingerprint density at radius 2 is 1.95 bits per heavy atom. The number of nitrogens with zero attached hydrogens (tertiary/aromatic N) is 1. The smallest absolute Gasteiger partial charge is 0.272 e. The standard InChI is InChI=1S/C15H17N3O4/c1-3-8(2)11(15(21)22)16-14(20)12-9-6-4-5-7-10(9)13(19)18-17-12/h4-8,11H,3H2,1-2H3,(H,16,20)(H,18,19)(H,21,22)/p-1/t8-,11-/m0/s1. The van der Waals surface area contributed by atoms with E-state index in [9.17, 15) is 19.5 Å². The summed E-state index contributed by atoms with van der Waals surface area (Å²) in [6.07, 6.45) is 0.568. The van der Waals surface area contributed by atoms with Crippen LogP contribution in [0.25, 0.3) is 10.8 Å². The van der Waals surface area contributed by atoms with E-state index in [-0.39, 0.29) is 11.6 Å². The maximum absolute atomic E-state index is 12.3. The normalized spacial score (nSPS) is 13.5. The van der Waals surface area contributed by atoms with Crippen molar-refractivity contribution in [3.63, 3.8) is 0 Å². The summed E-state index contributed by atoms with van der Waals surface area (Å²) in [6, 6.07) is 5.37. The Labute approximate surface area is 126 Å². The van der Waals surface area contributed by atoms with Crippen molar-refractivity contribution in [3.05, 3.63) is 40.3 Å². The van der Waals surface area contributed by atoms with Crippen molar-refractivity contribution in [3.8, 4) is 0 Å². The van der Waals surface area contributed by atoms with Crippen LogP contribution in [0.4, 0.5) is 0 Å². The van der Waals surface area contributed by atoms with Gasteiger partial charge in [-0.2, -0.15) is 5.10 Å². The van der Waals surface area contributed by atoms with Crippen LogP contribution in [-0.2, 0) is 4.79 Å². The summed E-state index contributed by atoms with van der Waals surface area (Å²) in [7, 11) is 0. The minimum atomic E-state index is -1.35. The molecule has 0 radical (unpaired) electrons. The van der Waals surface area contributed by atoms with E-state index in [0.29, 0.717) is 17.2 Å². The number of rotatable bonds is 5. The van der Waals surface area contributed by atoms with E-state index in [1.807, 2.05) is 6.92 Å². The molecular weight excluding hydrogens is 286 g/mol. The SMILES string of the molecule is CC[C@H](C)[C@H](NC(=O)c1n[nH]c(=O)c2ccccc12)C(=O)[O-]. The molecule has 0 bridgehead atoms. The lowest BCUT2D eigenvalue weighted by Gasteiger charge is -2.25. The van der Waals surface area contributed by atoms with E-state index in [4.69, 9.17) is 0 Å². The molecule has 22 heavy (non-hydrogen) atoms. The van der Waals surface area contributed by atoms with E-state index in [1.54, 1.807) is 31.2 Å². The molecule has 0 spiro atoms. The first kappa shape index (κ1) is 15.7. The molecule has 0 saturated carbocycles. The highest BCUT2D eigenvalue weighted by Crippen LogP contribution is 2.13. The first-order chi connectivity index (χ1) is 10.5. The van der Waals surface area contributed by atoms with Gasteiger partial charge in [-0.1, -0.05) is 38.5 Å². The molecule has 1 heterocycles. The molecule has 2 atom stereocenters. The van der Waals surface area contributed by atoms with Crippen molar-refractivity contribution in [1.82, 2.24) is 15.5 Å². The number of fused-ring (bicyclic) bond motifs is 1. The summed E-state index contributed by atoms with van der Waals surface area (Å²) < 4.78 is 0. The zero-order valence-corrected chi connectivity index (χ0v) is 12.3. The van der Waals surface area contributed by atoms with E-state index in [2.05, 4.69) is 15.5 Å². The number of benzene rings is 1. The molecule has 7 nitrogen and oxygen atoms in total. The Morgan fingerprint density at radius 1 is 1.32 bits per heavy atom. The van der Waals surface area contributed by atoms with Gasteiger partial charge in [0.15, 0.2) is 5.69 Å². The molecule has 2 N–H and O–H groups in total. The first-order valence-electron chi connectivity index (χ1n) is 6.94. The average molecular weight is 302 g/mol. The van der Waals surface area contributed by atoms with Crippen LogP contribution in [0, 0.1) is 5.92 Å². The van der Waals surface area contributed by atoms with Crippen LogP contribution in [0.1, 0.15) is 30.8 Å². The number of H-pyrrole nitrogens is 1. The van der Waals surface area contributed by atoms with Gasteiger partial charge in [-0.25, -0.2) is 5.10 Å². The number of carboxylic acids is 1. The molecule has 7 heteroatoms. The second-order valence-electron chi connectivity index (χ2n) is 5.10. The zero-order valence-electron chi connectivity index (χ0n) is 12.3. The molecule has 0 fully saturated rings. The lowest BCUT2D eigenvalue weighted by molar-refractivity contribution is -0.309. The van der Waals surface area contributed by atoms with E-state index >= 15 is 0 Å². The van der Waals surface area contributed by atoms with Gasteiger partial charge in [-0.15, -0.1) is 0 Å². The monoisotopic (exact) mass is 302 g/mol. The molecule has 2 aromatic rings. The summed E-state index contributed by atoms with van der Waals surface area (Å²) in [5.74, 6) is -2.30. The molecule has 0 aliphatic carbocycles. The Bertz CT molecular complexity index is 769. The van der Waals surface area contributed by atoms with Gasteiger partial charge in [0, 0.05) is 5.39 Å². The van der Waals surface area contributed by atoms with Gasteiger partial charge >= 0.3 is 0 Å². The summed E-state index contributed by atoms with van der Waals surface area (Å²) in [4.78, 5) is 35.2. The van der Waals surface area contributed by atoms with Crippen LogP contribution in [0.15, 0.2) is 29.1 Å². The van der Waals surface area contributed by atoms with Gasteiger partial charge in [0.2, 0.25) is 0 Å². The highest BCUT2D eigenvalue weighted by molar-refractivity contribution is 6.05. The van der Waals surface area contributed by atoms with E-state index in [1.165, 1.54) is 0 Å². The van der Waals surface area contributed by atoms with Gasteiger partial charge in [-0.3, -0.25) is 9.59 Å². The van der Waals surface area contributed by atoms with Crippen molar-refractivity contribution < 1.29 is 14.7 Å². The maximum Gasteiger partial charge on any atom is 0.272 e. The van der Waals surface area contributed by atoms with Crippen molar-refractivity contribution in [1.29, 1.82) is 0 Å². The summed E-state index contributed by atoms with van der Waals surface area (Å²) in [5, 5.41) is 20.3. The van der Waals surface area contributed by atoms with Gasteiger partial charge < -0.3 is 15.2 Å². The maximum atomic E-state index is 12.3. The Hall–Kier alpha value is -2.70. The Morgan fingerprint density at radius 3 is 2.55 bits per heavy atom. The summed E-state index contributed by atoms with van der Waals surface area (Å²) in [6.45, 7) is 3.53. The van der Waals surface area contributed by atoms with E-state index in [0.717, 1.165) is 0 Å². The van der Waals surface area contributed by atoms with Crippen molar-refractivity contribution in [2.24, 2.45) is 5.92 Å². The number of aromatic amines is 1. The molecule has 2 rings (SSSR count). The number of amides is 1. The molecule has 1 aromatic carbocycles. The van der Waals surface area contributed by atoms with Gasteiger partial charge in [0.1, 0.15) is 0 Å². The lowest BCUT2D eigenvalue weighted by Crippen LogP contribution is -2.51. The average Bonchev–Trinajstić information content (AvgIpc) is 2.52. The van der Waals surface area contributed by atoms with Crippen LogP contribution in [-0.4, -0.2) is 28.1 Å². The third-order valence-corrected chi connectivity index (χ3v) is 3.66. The number of hydrogen-bond donors (Lipinski definition) is 2. The number of aliphatic carboxylic acids is 1. The second-order valence-corrected chi connectivity index (χ2v) is 5.10. The predicted molar refractivity (Wildman–Crippen MR) is 78.1 cm³/mol. The molecule has 0 aliphatic rings. The van der Waals surface area contributed by atoms with Crippen LogP contribution < -0.4 is 16.0 Å². The topological polar surface area (TPSA) is 115 Å². The fraction of sp³-hybridized carbons (Fsp3) is 0.333. The van der Waals surface area contributed by atoms with Crippen LogP contribution in [0.3, 0.4) is 0 Å². The zero-order chi connectivity index (χ0) is 16.3. The van der Waals surface area contributed by atoms with Crippen molar-refractivity contribution in [2.45, 2.75) is 26.3 Å². The highest BCUT2D eigenvalue weighted by Gasteiger charge is 2.22. The number of carboxylic acid groups (broad SMARTS) is 1. The van der Waals surface area contributed by atoms with Crippen LogP contribution in [0.5, 0.6) is 0 Å². The fourth-order valence-electron chi connectivity index (χ4n) is 2.17. The molecule has 0 saturated heterocycles. The van der Waals surface area contributed by atoms with Crippen molar-refractivity contribution in [2.75, 3.05) is 0 Å². The third kappa shape index (κ3) is 2.98. The van der Waals surface area contributed by atoms with Crippen LogP contribution >= 0.6 is 0 Å². The third-order valence-electron chi connectivity index (χ3n) is 3.66. The lowest BCUT2D eigenvalue weighted by atomic mass is 9.99. The predicted octanol–water partition coefficient (Wildman–Crippen LogP) is -0.183. The second kappa shape index (κ2) is 6.38. The molecule has 1 aromatic heterocycles. The molecular formula is C15H16N3O4-. The molecule has 116 valence electrons. The molecule has 1 amide bonds. The van der Waals surface area contributed by atoms with Crippen LogP contribution in [0.2, 0.25) is 0 Å². The molecule has 0 aliphatic heterocycles.